The third kappa shape index (κ3) is 9.89. The molecule has 5 heteroatoms. The normalized spacial score (nSPS) is 9.93. The number of benzene rings is 2. The summed E-state index contributed by atoms with van der Waals surface area (Å²) in [7, 11) is 1.43. The van der Waals surface area contributed by atoms with Crippen LogP contribution in [0.1, 0.15) is 57.8 Å². The van der Waals surface area contributed by atoms with E-state index in [2.05, 4.69) is 19.2 Å². The van der Waals surface area contributed by atoms with E-state index in [4.69, 9.17) is 16.2 Å². The first-order valence-electron chi connectivity index (χ1n) is 9.48. The molecular weight excluding hydrogens is 350 g/mol. The predicted octanol–water partition coefficient (Wildman–Crippen LogP) is 5.20. The van der Waals surface area contributed by atoms with Gasteiger partial charge in [-0.3, -0.25) is 0 Å². The zero-order valence-corrected chi connectivity index (χ0v) is 17.8. The number of aliphatic hydroxyl groups is 1. The van der Waals surface area contributed by atoms with Gasteiger partial charge in [-0.15, -0.1) is 0 Å². The molecular formula is C23H35N3O2. The fourth-order valence-corrected chi connectivity index (χ4v) is 2.18. The number of nitrogens with one attached hydrogen (secondary N) is 1. The van der Waals surface area contributed by atoms with Crippen LogP contribution in [0.2, 0.25) is 0 Å². The van der Waals surface area contributed by atoms with Crippen molar-refractivity contribution in [3.05, 3.63) is 72.0 Å². The molecule has 1 unspecified atom stereocenters. The van der Waals surface area contributed by atoms with Crippen LogP contribution in [-0.4, -0.2) is 17.4 Å². The van der Waals surface area contributed by atoms with Crippen LogP contribution < -0.4 is 11.2 Å². The number of aliphatic hydroxyl groups excluding tert-OH is 1. The van der Waals surface area contributed by atoms with Crippen LogP contribution in [0.25, 0.3) is 10.8 Å². The SMILES string of the molecule is C=C(N)C(=C)CCC(O)c1ccc2ccc(C#N)cc2c1.CC.CC.CNO. The van der Waals surface area contributed by atoms with E-state index in [0.717, 1.165) is 21.9 Å². The first-order valence-corrected chi connectivity index (χ1v) is 9.48. The van der Waals surface area contributed by atoms with Crippen molar-refractivity contribution in [2.24, 2.45) is 5.73 Å². The van der Waals surface area contributed by atoms with Crippen LogP contribution in [0, 0.1) is 11.3 Å². The van der Waals surface area contributed by atoms with Gasteiger partial charge in [0.15, 0.2) is 0 Å². The van der Waals surface area contributed by atoms with Crippen LogP contribution in [0.3, 0.4) is 0 Å². The quantitative estimate of drug-likeness (QED) is 0.418. The molecule has 28 heavy (non-hydrogen) atoms. The molecule has 0 fully saturated rings. The lowest BCUT2D eigenvalue weighted by atomic mass is 9.98. The fourth-order valence-electron chi connectivity index (χ4n) is 2.18. The van der Waals surface area contributed by atoms with Crippen molar-refractivity contribution in [3.8, 4) is 6.07 Å². The minimum atomic E-state index is -0.587. The number of hydrogen-bond donors (Lipinski definition) is 4. The van der Waals surface area contributed by atoms with Gasteiger partial charge in [0.25, 0.3) is 0 Å². The lowest BCUT2D eigenvalue weighted by Gasteiger charge is -2.13. The Morgan fingerprint density at radius 2 is 1.64 bits per heavy atom. The van der Waals surface area contributed by atoms with Crippen molar-refractivity contribution in [1.82, 2.24) is 5.48 Å². The van der Waals surface area contributed by atoms with E-state index < -0.39 is 6.10 Å². The molecule has 0 aliphatic carbocycles. The van der Waals surface area contributed by atoms with E-state index >= 15 is 0 Å². The maximum Gasteiger partial charge on any atom is 0.0991 e. The van der Waals surface area contributed by atoms with Crippen molar-refractivity contribution < 1.29 is 10.3 Å². The summed E-state index contributed by atoms with van der Waals surface area (Å²) in [5.74, 6) is 0. The fraction of sp³-hybridized carbons (Fsp3) is 0.348. The van der Waals surface area contributed by atoms with Gasteiger partial charge in [0.2, 0.25) is 0 Å². The Labute approximate surface area is 169 Å². The standard InChI is InChI=1S/C18H18N2O.2C2H6.CH5NO/c1-12(13(2)20)3-8-18(21)16-7-6-15-5-4-14(11-19)9-17(15)10-16;2*1-2;1-2-3/h4-7,9-10,18,21H,1-3,8,20H2;2*1-2H3;2-3H,1H3. The van der Waals surface area contributed by atoms with Crippen LogP contribution in [0.15, 0.2) is 60.8 Å². The van der Waals surface area contributed by atoms with Gasteiger partial charge < -0.3 is 16.0 Å². The van der Waals surface area contributed by atoms with Crippen molar-refractivity contribution in [3.63, 3.8) is 0 Å². The summed E-state index contributed by atoms with van der Waals surface area (Å²) in [6, 6.07) is 13.4. The van der Waals surface area contributed by atoms with Crippen LogP contribution in [-0.2, 0) is 0 Å². The highest BCUT2D eigenvalue weighted by Gasteiger charge is 2.09. The second kappa shape index (κ2) is 16.5. The Balaban J connectivity index is 0. The molecule has 2 rings (SSSR count). The van der Waals surface area contributed by atoms with Crippen molar-refractivity contribution in [1.29, 1.82) is 5.26 Å². The molecule has 0 radical (unpaired) electrons. The summed E-state index contributed by atoms with van der Waals surface area (Å²) in [5.41, 5.74) is 9.96. The molecule has 0 amide bonds. The molecule has 1 atom stereocenters. The molecule has 0 heterocycles. The third-order valence-corrected chi connectivity index (χ3v) is 3.55. The molecule has 154 valence electrons. The molecule has 0 aliphatic rings. The number of fused-ring (bicyclic) bond motifs is 1. The second-order valence-electron chi connectivity index (χ2n) is 5.34. The Kier molecular flexibility index (Phi) is 16.3. The molecule has 5 nitrogen and oxygen atoms in total. The highest BCUT2D eigenvalue weighted by molar-refractivity contribution is 5.84. The van der Waals surface area contributed by atoms with E-state index in [1.54, 1.807) is 11.5 Å². The van der Waals surface area contributed by atoms with Gasteiger partial charge in [0.1, 0.15) is 0 Å². The molecule has 0 saturated heterocycles. The second-order valence-corrected chi connectivity index (χ2v) is 5.34. The predicted molar refractivity (Wildman–Crippen MR) is 119 cm³/mol. The van der Waals surface area contributed by atoms with Crippen LogP contribution >= 0.6 is 0 Å². The van der Waals surface area contributed by atoms with E-state index in [1.165, 1.54) is 7.05 Å². The highest BCUT2D eigenvalue weighted by atomic mass is 16.5. The maximum atomic E-state index is 10.3. The van der Waals surface area contributed by atoms with Gasteiger partial charge >= 0.3 is 0 Å². The number of rotatable bonds is 5. The Morgan fingerprint density at radius 3 is 2.14 bits per heavy atom. The van der Waals surface area contributed by atoms with Crippen LogP contribution in [0.5, 0.6) is 0 Å². The molecule has 0 saturated carbocycles. The molecule has 2 aromatic rings. The summed E-state index contributed by atoms with van der Waals surface area (Å²) in [5, 5.41) is 28.5. The van der Waals surface area contributed by atoms with Gasteiger partial charge in [-0.2, -0.15) is 5.26 Å². The number of nitrogens with two attached hydrogens (primary N) is 1. The molecule has 5 N–H and O–H groups in total. The average Bonchev–Trinajstić information content (AvgIpc) is 2.74. The number of nitriles is 1. The van der Waals surface area contributed by atoms with Gasteiger partial charge in [0, 0.05) is 12.7 Å². The highest BCUT2D eigenvalue weighted by Crippen LogP contribution is 2.25. The Morgan fingerprint density at radius 1 is 1.11 bits per heavy atom. The number of allylic oxidation sites excluding steroid dienone is 1. The summed E-state index contributed by atoms with van der Waals surface area (Å²) in [6.07, 6.45) is 0.557. The topological polar surface area (TPSA) is 102 Å². The zero-order valence-electron chi connectivity index (χ0n) is 17.8. The summed E-state index contributed by atoms with van der Waals surface area (Å²) in [6.45, 7) is 15.5. The largest absolute Gasteiger partial charge is 0.399 e. The summed E-state index contributed by atoms with van der Waals surface area (Å²) < 4.78 is 0. The zero-order chi connectivity index (χ0) is 22.1. The van der Waals surface area contributed by atoms with Gasteiger partial charge in [-0.25, -0.2) is 5.48 Å². The number of hydroxylamine groups is 1. The monoisotopic (exact) mass is 385 g/mol. The van der Waals surface area contributed by atoms with Crippen LogP contribution in [0.4, 0.5) is 0 Å². The minimum absolute atomic E-state index is 0.458. The van der Waals surface area contributed by atoms with E-state index in [9.17, 15) is 5.11 Å². The van der Waals surface area contributed by atoms with E-state index in [0.29, 0.717) is 24.1 Å². The van der Waals surface area contributed by atoms with E-state index in [1.807, 2.05) is 58.0 Å². The summed E-state index contributed by atoms with van der Waals surface area (Å²) in [4.78, 5) is 0. The molecule has 0 aromatic heterocycles. The molecule has 0 spiro atoms. The van der Waals surface area contributed by atoms with Crippen molar-refractivity contribution in [2.75, 3.05) is 7.05 Å². The van der Waals surface area contributed by atoms with Gasteiger partial charge in [-0.1, -0.05) is 59.1 Å². The first-order chi connectivity index (χ1) is 13.4. The number of hydrogen-bond acceptors (Lipinski definition) is 5. The lowest BCUT2D eigenvalue weighted by Crippen LogP contribution is -2.02. The lowest BCUT2D eigenvalue weighted by molar-refractivity contribution is 0.168. The number of nitrogens with zero attached hydrogens (tertiary/aromatic N) is 1. The Hall–Kier alpha value is -2.65. The van der Waals surface area contributed by atoms with Crippen molar-refractivity contribution >= 4 is 10.8 Å². The molecule has 0 aliphatic heterocycles. The maximum absolute atomic E-state index is 10.3. The van der Waals surface area contributed by atoms with Crippen molar-refractivity contribution in [2.45, 2.75) is 46.6 Å². The first kappa shape index (κ1) is 27.6. The molecule has 0 bridgehead atoms. The van der Waals surface area contributed by atoms with Gasteiger partial charge in [0.05, 0.1) is 17.7 Å². The van der Waals surface area contributed by atoms with E-state index in [-0.39, 0.29) is 0 Å². The average molecular weight is 386 g/mol. The van der Waals surface area contributed by atoms with Gasteiger partial charge in [-0.05, 0) is 52.9 Å². The minimum Gasteiger partial charge on any atom is -0.399 e. The molecule has 2 aromatic carbocycles. The third-order valence-electron chi connectivity index (χ3n) is 3.55. The summed E-state index contributed by atoms with van der Waals surface area (Å²) >= 11 is 0. The Bertz CT molecular complexity index is 764. The smallest absolute Gasteiger partial charge is 0.0991 e.